The molecule has 2 unspecified atom stereocenters. The van der Waals surface area contributed by atoms with Crippen molar-refractivity contribution in [2.24, 2.45) is 5.73 Å². The van der Waals surface area contributed by atoms with Gasteiger partial charge in [-0.15, -0.1) is 11.3 Å². The molecule has 0 aliphatic carbocycles. The fourth-order valence-electron chi connectivity index (χ4n) is 1.68. The summed E-state index contributed by atoms with van der Waals surface area (Å²) in [6.07, 6.45) is 0. The van der Waals surface area contributed by atoms with Crippen LogP contribution in [0.3, 0.4) is 0 Å². The average molecular weight is 342 g/mol. The first-order valence-corrected chi connectivity index (χ1v) is 7.35. The maximum atomic E-state index is 6.06. The molecule has 0 saturated carbocycles. The van der Waals surface area contributed by atoms with Gasteiger partial charge in [-0.05, 0) is 36.0 Å². The number of rotatable bonds is 6. The predicted molar refractivity (Wildman–Crippen MR) is 77.9 cm³/mol. The Bertz CT molecular complexity index is 342. The van der Waals surface area contributed by atoms with Gasteiger partial charge in [-0.25, -0.2) is 0 Å². The van der Waals surface area contributed by atoms with E-state index in [1.165, 1.54) is 4.88 Å². The highest BCUT2D eigenvalue weighted by molar-refractivity contribution is 9.10. The molecular formula is C11H18BrClN2OS. The zero-order valence-electron chi connectivity index (χ0n) is 10.2. The molecule has 0 saturated heterocycles. The number of likely N-dealkylation sites (N-methyl/N-ethyl adjacent to an activating group) is 1. The SMILES string of the molecule is COCC(C)N(C)C(CN)c1cc(Br)c(Cl)s1. The van der Waals surface area contributed by atoms with Crippen LogP contribution in [-0.4, -0.2) is 38.3 Å². The third-order valence-corrected chi connectivity index (χ3v) is 5.39. The number of ether oxygens (including phenoxy) is 1. The van der Waals surface area contributed by atoms with Gasteiger partial charge < -0.3 is 10.5 Å². The van der Waals surface area contributed by atoms with Crippen molar-refractivity contribution in [2.75, 3.05) is 27.3 Å². The number of methoxy groups -OCH3 is 1. The fraction of sp³-hybridized carbons (Fsp3) is 0.636. The molecule has 0 bridgehead atoms. The van der Waals surface area contributed by atoms with E-state index in [9.17, 15) is 0 Å². The van der Waals surface area contributed by atoms with Gasteiger partial charge in [-0.3, -0.25) is 4.90 Å². The molecule has 0 aliphatic heterocycles. The minimum Gasteiger partial charge on any atom is -0.383 e. The van der Waals surface area contributed by atoms with Crippen LogP contribution in [0.2, 0.25) is 4.34 Å². The van der Waals surface area contributed by atoms with Gasteiger partial charge in [-0.2, -0.15) is 0 Å². The van der Waals surface area contributed by atoms with Crippen molar-refractivity contribution in [2.45, 2.75) is 19.0 Å². The second-order valence-corrected chi connectivity index (χ2v) is 6.53. The molecule has 1 heterocycles. The van der Waals surface area contributed by atoms with Crippen LogP contribution < -0.4 is 5.73 Å². The molecule has 0 spiro atoms. The molecule has 17 heavy (non-hydrogen) atoms. The predicted octanol–water partition coefficient (Wildman–Crippen LogP) is 3.13. The third-order valence-electron chi connectivity index (χ3n) is 2.81. The summed E-state index contributed by atoms with van der Waals surface area (Å²) >= 11 is 11.1. The Labute approximate surface area is 120 Å². The molecule has 0 amide bonds. The zero-order chi connectivity index (χ0) is 13.0. The van der Waals surface area contributed by atoms with E-state index >= 15 is 0 Å². The molecule has 0 fully saturated rings. The summed E-state index contributed by atoms with van der Waals surface area (Å²) in [4.78, 5) is 3.40. The summed E-state index contributed by atoms with van der Waals surface area (Å²) in [5.74, 6) is 0. The van der Waals surface area contributed by atoms with Gasteiger partial charge in [0.1, 0.15) is 4.34 Å². The number of nitrogens with zero attached hydrogens (tertiary/aromatic N) is 1. The zero-order valence-corrected chi connectivity index (χ0v) is 13.4. The minimum atomic E-state index is 0.175. The van der Waals surface area contributed by atoms with Crippen molar-refractivity contribution in [1.29, 1.82) is 0 Å². The van der Waals surface area contributed by atoms with Crippen molar-refractivity contribution in [1.82, 2.24) is 4.90 Å². The molecule has 1 rings (SSSR count). The topological polar surface area (TPSA) is 38.5 Å². The maximum absolute atomic E-state index is 6.06. The largest absolute Gasteiger partial charge is 0.383 e. The number of hydrogen-bond acceptors (Lipinski definition) is 4. The quantitative estimate of drug-likeness (QED) is 0.864. The molecule has 2 N–H and O–H groups in total. The lowest BCUT2D eigenvalue weighted by Gasteiger charge is -2.31. The molecule has 0 aliphatic rings. The van der Waals surface area contributed by atoms with E-state index in [0.717, 1.165) is 8.81 Å². The van der Waals surface area contributed by atoms with Gasteiger partial charge in [0, 0.05) is 29.0 Å². The van der Waals surface area contributed by atoms with Gasteiger partial charge in [-0.1, -0.05) is 11.6 Å². The van der Waals surface area contributed by atoms with E-state index in [0.29, 0.717) is 19.2 Å². The van der Waals surface area contributed by atoms with Crippen molar-refractivity contribution in [3.05, 3.63) is 19.8 Å². The fourth-order valence-corrected chi connectivity index (χ4v) is 3.58. The van der Waals surface area contributed by atoms with Gasteiger partial charge in [0.2, 0.25) is 0 Å². The Kier molecular flexibility index (Phi) is 6.40. The Balaban J connectivity index is 2.83. The highest BCUT2D eigenvalue weighted by Gasteiger charge is 2.22. The molecule has 2 atom stereocenters. The maximum Gasteiger partial charge on any atom is 0.107 e. The van der Waals surface area contributed by atoms with Gasteiger partial charge >= 0.3 is 0 Å². The number of nitrogens with two attached hydrogens (primary N) is 1. The molecule has 0 aromatic carbocycles. The Hall–Kier alpha value is 0.350. The summed E-state index contributed by atoms with van der Waals surface area (Å²) in [5.41, 5.74) is 5.86. The van der Waals surface area contributed by atoms with Crippen LogP contribution in [0.25, 0.3) is 0 Å². The summed E-state index contributed by atoms with van der Waals surface area (Å²) in [7, 11) is 3.77. The molecule has 3 nitrogen and oxygen atoms in total. The first-order valence-electron chi connectivity index (χ1n) is 5.36. The first-order chi connectivity index (χ1) is 8.01. The van der Waals surface area contributed by atoms with Crippen molar-refractivity contribution < 1.29 is 4.74 Å². The van der Waals surface area contributed by atoms with E-state index in [1.54, 1.807) is 18.4 Å². The summed E-state index contributed by atoms with van der Waals surface area (Å²) in [6, 6.07) is 2.53. The van der Waals surface area contributed by atoms with Crippen LogP contribution in [0.4, 0.5) is 0 Å². The lowest BCUT2D eigenvalue weighted by molar-refractivity contribution is 0.0920. The normalized spacial score (nSPS) is 15.2. The average Bonchev–Trinajstić information content (AvgIpc) is 2.60. The number of halogens is 2. The highest BCUT2D eigenvalue weighted by atomic mass is 79.9. The third kappa shape index (κ3) is 3.91. The molecular weight excluding hydrogens is 324 g/mol. The lowest BCUT2D eigenvalue weighted by Crippen LogP contribution is -2.38. The molecule has 6 heteroatoms. The first kappa shape index (κ1) is 15.4. The molecule has 1 aromatic heterocycles. The van der Waals surface area contributed by atoms with E-state index in [2.05, 4.69) is 34.8 Å². The summed E-state index contributed by atoms with van der Waals surface area (Å²) in [5, 5.41) is 0. The van der Waals surface area contributed by atoms with Crippen LogP contribution in [0.1, 0.15) is 17.8 Å². The van der Waals surface area contributed by atoms with Gasteiger partial charge in [0.25, 0.3) is 0 Å². The van der Waals surface area contributed by atoms with Crippen LogP contribution in [0.15, 0.2) is 10.5 Å². The van der Waals surface area contributed by atoms with Crippen LogP contribution in [0, 0.1) is 0 Å². The Morgan fingerprint density at radius 3 is 2.71 bits per heavy atom. The smallest absolute Gasteiger partial charge is 0.107 e. The van der Waals surface area contributed by atoms with Crippen LogP contribution >= 0.6 is 38.9 Å². The molecule has 0 radical (unpaired) electrons. The van der Waals surface area contributed by atoms with E-state index < -0.39 is 0 Å². The van der Waals surface area contributed by atoms with Crippen molar-refractivity contribution in [3.8, 4) is 0 Å². The van der Waals surface area contributed by atoms with Crippen LogP contribution in [-0.2, 0) is 4.74 Å². The lowest BCUT2D eigenvalue weighted by atomic mass is 10.1. The molecule has 98 valence electrons. The van der Waals surface area contributed by atoms with E-state index in [-0.39, 0.29) is 6.04 Å². The highest BCUT2D eigenvalue weighted by Crippen LogP contribution is 2.36. The Morgan fingerprint density at radius 1 is 1.65 bits per heavy atom. The minimum absolute atomic E-state index is 0.175. The van der Waals surface area contributed by atoms with Crippen molar-refractivity contribution in [3.63, 3.8) is 0 Å². The summed E-state index contributed by atoms with van der Waals surface area (Å²) in [6.45, 7) is 3.37. The Morgan fingerprint density at radius 2 is 2.29 bits per heavy atom. The summed E-state index contributed by atoms with van der Waals surface area (Å²) < 4.78 is 6.88. The number of thiophene rings is 1. The van der Waals surface area contributed by atoms with Gasteiger partial charge in [0.05, 0.1) is 12.6 Å². The van der Waals surface area contributed by atoms with Gasteiger partial charge in [0.15, 0.2) is 0 Å². The molecule has 1 aromatic rings. The van der Waals surface area contributed by atoms with E-state index in [1.807, 2.05) is 6.07 Å². The monoisotopic (exact) mass is 340 g/mol. The van der Waals surface area contributed by atoms with Crippen LogP contribution in [0.5, 0.6) is 0 Å². The second kappa shape index (κ2) is 7.07. The van der Waals surface area contributed by atoms with Crippen molar-refractivity contribution >= 4 is 38.9 Å². The second-order valence-electron chi connectivity index (χ2n) is 3.99. The van der Waals surface area contributed by atoms with E-state index in [4.69, 9.17) is 22.1 Å². The standard InChI is InChI=1S/C11H18BrClN2OS/c1-7(6-16-3)15(2)9(5-14)10-4-8(12)11(13)17-10/h4,7,9H,5-6,14H2,1-3H3. The number of hydrogen-bond donors (Lipinski definition) is 1.